The smallest absolute Gasteiger partial charge is 0.351 e. The van der Waals surface area contributed by atoms with E-state index in [1.165, 1.54) is 13.0 Å². The summed E-state index contributed by atoms with van der Waals surface area (Å²) in [5, 5.41) is 21.8. The Kier molecular flexibility index (Phi) is 10.4. The summed E-state index contributed by atoms with van der Waals surface area (Å²) in [6, 6.07) is 0.271. The number of rotatable bonds is 12. The van der Waals surface area contributed by atoms with Crippen molar-refractivity contribution in [2.45, 2.75) is 76.3 Å². The van der Waals surface area contributed by atoms with Gasteiger partial charge in [-0.3, -0.25) is 13.9 Å². The summed E-state index contributed by atoms with van der Waals surface area (Å²) in [7, 11) is -3.15. The number of aliphatic hydroxyl groups excluding tert-OH is 2. The van der Waals surface area contributed by atoms with Crippen LogP contribution >= 0.6 is 8.18 Å². The molecule has 0 amide bonds. The fourth-order valence-electron chi connectivity index (χ4n) is 3.20. The number of carbonyl (C=O) groups excluding carboxylic acids is 1. The van der Waals surface area contributed by atoms with Crippen LogP contribution in [0, 0.1) is 0 Å². The lowest BCUT2D eigenvalue weighted by Crippen LogP contribution is -2.47. The molecule has 188 valence electrons. The first kappa shape index (κ1) is 27.4. The maximum absolute atomic E-state index is 15.3. The van der Waals surface area contributed by atoms with Gasteiger partial charge in [0.15, 0.2) is 6.23 Å². The quantitative estimate of drug-likeness (QED) is 0.237. The van der Waals surface area contributed by atoms with Crippen LogP contribution in [0.5, 0.6) is 0 Å². The van der Waals surface area contributed by atoms with Gasteiger partial charge in [0.25, 0.3) is 14.0 Å². The average Bonchev–Trinajstić information content (AvgIpc) is 2.77. The molecular weight excluding hydrogens is 462 g/mol. The van der Waals surface area contributed by atoms with Crippen LogP contribution in [0.2, 0.25) is 0 Å². The first-order chi connectivity index (χ1) is 15.6. The highest BCUT2D eigenvalue weighted by Crippen LogP contribution is 2.29. The Labute approximate surface area is 191 Å². The number of nitrogens with one attached hydrogen (secondary N) is 1. The van der Waals surface area contributed by atoms with Gasteiger partial charge in [-0.2, -0.15) is 4.98 Å². The molecule has 14 heteroatoms. The number of aliphatic hydroxyl groups is 2. The Morgan fingerprint density at radius 3 is 2.67 bits per heavy atom. The van der Waals surface area contributed by atoms with Crippen LogP contribution in [0.3, 0.4) is 0 Å². The number of nitrogen functional groups attached to an aromatic ring is 1. The fraction of sp³-hybridized carbons (Fsp3) is 0.737. The van der Waals surface area contributed by atoms with E-state index in [-0.39, 0.29) is 11.9 Å². The second-order valence-corrected chi connectivity index (χ2v) is 9.05. The minimum atomic E-state index is -3.15. The molecule has 12 nitrogen and oxygen atoms in total. The molecule has 1 aromatic rings. The molecule has 1 aliphatic carbocycles. The molecule has 1 aromatic heterocycles. The Balaban J connectivity index is 1.94. The fourth-order valence-corrected chi connectivity index (χ4v) is 4.08. The summed E-state index contributed by atoms with van der Waals surface area (Å²) in [5.74, 6) is -3.64. The van der Waals surface area contributed by atoms with E-state index < -0.39 is 57.3 Å². The molecule has 1 heterocycles. The van der Waals surface area contributed by atoms with Crippen molar-refractivity contribution in [1.29, 1.82) is 0 Å². The SMILES string of the molecule is C[C@H](N[PH](=O)OC[C@@](F)(O[C@H](CO)n1ccc(N)nc1=O)[C@H](C)O)C(=O)OC1CCCCC1. The van der Waals surface area contributed by atoms with Gasteiger partial charge >= 0.3 is 11.7 Å². The van der Waals surface area contributed by atoms with Gasteiger partial charge in [0.1, 0.15) is 30.7 Å². The number of alkyl halides is 1. The van der Waals surface area contributed by atoms with Gasteiger partial charge in [-0.15, -0.1) is 0 Å². The van der Waals surface area contributed by atoms with Gasteiger partial charge < -0.3 is 29.9 Å². The Morgan fingerprint density at radius 1 is 1.42 bits per heavy atom. The van der Waals surface area contributed by atoms with E-state index in [0.29, 0.717) is 0 Å². The highest BCUT2D eigenvalue weighted by atomic mass is 31.1. The van der Waals surface area contributed by atoms with Crippen molar-refractivity contribution < 1.29 is 38.0 Å². The van der Waals surface area contributed by atoms with Crippen molar-refractivity contribution in [2.75, 3.05) is 18.9 Å². The first-order valence-corrected chi connectivity index (χ1v) is 12.0. The Morgan fingerprint density at radius 2 is 2.09 bits per heavy atom. The van der Waals surface area contributed by atoms with Crippen LogP contribution < -0.4 is 16.5 Å². The van der Waals surface area contributed by atoms with E-state index in [4.69, 9.17) is 19.7 Å². The minimum absolute atomic E-state index is 0.0842. The monoisotopic (exact) mass is 494 g/mol. The summed E-state index contributed by atoms with van der Waals surface area (Å²) >= 11 is 0. The predicted octanol–water partition coefficient (Wildman–Crippen LogP) is 0.640. The second-order valence-electron chi connectivity index (χ2n) is 7.90. The van der Waals surface area contributed by atoms with E-state index >= 15 is 4.39 Å². The van der Waals surface area contributed by atoms with Crippen LogP contribution in [0.15, 0.2) is 17.1 Å². The topological polar surface area (TPSA) is 175 Å². The molecule has 5 atom stereocenters. The zero-order valence-electron chi connectivity index (χ0n) is 18.6. The molecule has 33 heavy (non-hydrogen) atoms. The van der Waals surface area contributed by atoms with Crippen molar-refractivity contribution in [3.05, 3.63) is 22.7 Å². The molecule has 0 aromatic carbocycles. The van der Waals surface area contributed by atoms with E-state index in [1.807, 2.05) is 0 Å². The van der Waals surface area contributed by atoms with Gasteiger partial charge in [0.2, 0.25) is 0 Å². The van der Waals surface area contributed by atoms with Crippen LogP contribution in [0.4, 0.5) is 10.2 Å². The number of aromatic nitrogens is 2. The number of esters is 1. The summed E-state index contributed by atoms with van der Waals surface area (Å²) < 4.78 is 43.8. The molecule has 1 aliphatic rings. The van der Waals surface area contributed by atoms with Gasteiger partial charge in [-0.25, -0.2) is 14.3 Å². The summed E-state index contributed by atoms with van der Waals surface area (Å²) in [5.41, 5.74) is 4.49. The molecule has 5 N–H and O–H groups in total. The van der Waals surface area contributed by atoms with Gasteiger partial charge in [0.05, 0.1) is 6.61 Å². The van der Waals surface area contributed by atoms with Crippen molar-refractivity contribution in [2.24, 2.45) is 0 Å². The predicted molar refractivity (Wildman–Crippen MR) is 116 cm³/mol. The third kappa shape index (κ3) is 8.13. The molecule has 1 unspecified atom stereocenters. The number of ether oxygens (including phenoxy) is 2. The molecule has 0 radical (unpaired) electrons. The maximum Gasteiger partial charge on any atom is 0.351 e. The lowest BCUT2D eigenvalue weighted by molar-refractivity contribution is -0.263. The van der Waals surface area contributed by atoms with Crippen LogP contribution in [-0.2, 0) is 23.4 Å². The minimum Gasteiger partial charge on any atom is -0.461 e. The summed E-state index contributed by atoms with van der Waals surface area (Å²) in [4.78, 5) is 27.6. The molecular formula is C19H32FN4O8P. The molecule has 0 aliphatic heterocycles. The number of anilines is 1. The third-order valence-corrected chi connectivity index (χ3v) is 6.27. The van der Waals surface area contributed by atoms with Gasteiger partial charge in [-0.1, -0.05) is 6.42 Å². The maximum atomic E-state index is 15.3. The van der Waals surface area contributed by atoms with Crippen molar-refractivity contribution in [3.8, 4) is 0 Å². The lowest BCUT2D eigenvalue weighted by atomic mass is 9.98. The first-order valence-electron chi connectivity index (χ1n) is 10.7. The standard InChI is InChI=1S/C19H32FN4O8P/c1-12(17(27)31-14-6-4-3-5-7-14)23-33(29)30-11-19(20,13(2)26)32-16(10-25)24-9-8-15(21)22-18(24)28/h8-9,12-14,16,25-26,33H,3-7,10-11H2,1-2H3,(H,23,29)(H2,21,22,28)/t12-,13-,16+,19+/m0/s1. The van der Waals surface area contributed by atoms with Gasteiger partial charge in [-0.05, 0) is 45.6 Å². The molecule has 0 bridgehead atoms. The molecule has 0 spiro atoms. The molecule has 1 saturated carbocycles. The molecule has 0 saturated heterocycles. The highest BCUT2D eigenvalue weighted by molar-refractivity contribution is 7.36. The van der Waals surface area contributed by atoms with Crippen molar-refractivity contribution in [1.82, 2.24) is 14.6 Å². The lowest BCUT2D eigenvalue weighted by Gasteiger charge is -2.32. The zero-order valence-corrected chi connectivity index (χ0v) is 19.6. The number of nitrogens with two attached hydrogens (primary N) is 1. The number of hydrogen-bond acceptors (Lipinski definition) is 10. The van der Waals surface area contributed by atoms with Crippen LogP contribution in [-0.4, -0.2) is 63.1 Å². The highest BCUT2D eigenvalue weighted by Gasteiger charge is 2.41. The Hall–Kier alpha value is -1.89. The third-order valence-electron chi connectivity index (χ3n) is 5.20. The van der Waals surface area contributed by atoms with E-state index in [1.54, 1.807) is 0 Å². The second kappa shape index (κ2) is 12.5. The van der Waals surface area contributed by atoms with Gasteiger partial charge in [0, 0.05) is 6.20 Å². The van der Waals surface area contributed by atoms with Crippen molar-refractivity contribution >= 4 is 20.0 Å². The summed E-state index contributed by atoms with van der Waals surface area (Å²) in [6.45, 7) is 0.624. The summed E-state index contributed by atoms with van der Waals surface area (Å²) in [6.07, 6.45) is 2.19. The number of hydrogen-bond donors (Lipinski definition) is 4. The molecule has 2 rings (SSSR count). The number of nitrogens with zero attached hydrogens (tertiary/aromatic N) is 2. The number of carbonyl (C=O) groups is 1. The zero-order chi connectivity index (χ0) is 24.6. The van der Waals surface area contributed by atoms with E-state index in [9.17, 15) is 24.4 Å². The number of halogens is 1. The van der Waals surface area contributed by atoms with Crippen LogP contribution in [0.25, 0.3) is 0 Å². The Bertz CT molecular complexity index is 866. The van der Waals surface area contributed by atoms with Crippen molar-refractivity contribution in [3.63, 3.8) is 0 Å². The van der Waals surface area contributed by atoms with E-state index in [0.717, 1.165) is 49.8 Å². The van der Waals surface area contributed by atoms with Crippen LogP contribution in [0.1, 0.15) is 52.2 Å². The van der Waals surface area contributed by atoms with E-state index in [2.05, 4.69) is 10.1 Å². The average molecular weight is 494 g/mol. The molecule has 1 fully saturated rings. The normalized spacial score (nSPS) is 20.4. The largest absolute Gasteiger partial charge is 0.461 e.